The Bertz CT molecular complexity index is 660. The van der Waals surface area contributed by atoms with E-state index in [0.29, 0.717) is 11.8 Å². The summed E-state index contributed by atoms with van der Waals surface area (Å²) in [4.78, 5) is 22.1. The zero-order chi connectivity index (χ0) is 16.4. The van der Waals surface area contributed by atoms with Crippen molar-refractivity contribution < 1.29 is 4.79 Å². The molecule has 0 unspecified atom stereocenters. The molecule has 2 aliphatic rings. The normalized spacial score (nSPS) is 24.6. The topological polar surface area (TPSA) is 49.3 Å². The van der Waals surface area contributed by atoms with Gasteiger partial charge in [0.05, 0.1) is 0 Å². The molecule has 0 aromatic carbocycles. The molecule has 0 saturated carbocycles. The van der Waals surface area contributed by atoms with Gasteiger partial charge in [-0.25, -0.2) is 4.37 Å². The summed E-state index contributed by atoms with van der Waals surface area (Å²) in [7, 11) is 0. The number of aromatic nitrogens is 2. The summed E-state index contributed by atoms with van der Waals surface area (Å²) in [5.74, 6) is 1.44. The predicted molar refractivity (Wildman–Crippen MR) is 93.7 cm³/mol. The molecule has 0 N–H and O–H groups in total. The van der Waals surface area contributed by atoms with E-state index >= 15 is 0 Å². The van der Waals surface area contributed by atoms with Crippen molar-refractivity contribution in [2.24, 2.45) is 11.8 Å². The summed E-state index contributed by atoms with van der Waals surface area (Å²) in [5, 5.41) is 0. The molecular formula is C18H22N4OS. The average molecular weight is 342 g/mol. The predicted octanol–water partition coefficient (Wildman–Crippen LogP) is 2.52. The lowest BCUT2D eigenvalue weighted by Crippen LogP contribution is -2.30. The fourth-order valence-electron chi connectivity index (χ4n) is 3.96. The number of hydrogen-bond acceptors (Lipinski definition) is 5. The third-order valence-corrected chi connectivity index (χ3v) is 6.01. The van der Waals surface area contributed by atoms with Gasteiger partial charge in [0, 0.05) is 38.2 Å². The van der Waals surface area contributed by atoms with Crippen LogP contribution in [-0.2, 0) is 6.54 Å². The summed E-state index contributed by atoms with van der Waals surface area (Å²) >= 11 is 1.30. The number of amides is 1. The second kappa shape index (κ2) is 6.99. The Kier molecular flexibility index (Phi) is 4.58. The van der Waals surface area contributed by atoms with Crippen molar-refractivity contribution in [3.63, 3.8) is 0 Å². The molecule has 24 heavy (non-hydrogen) atoms. The molecular weight excluding hydrogens is 320 g/mol. The summed E-state index contributed by atoms with van der Waals surface area (Å²) in [6, 6.07) is 5.98. The van der Waals surface area contributed by atoms with E-state index in [0.717, 1.165) is 37.6 Å². The first-order chi connectivity index (χ1) is 11.8. The third-order valence-electron chi connectivity index (χ3n) is 5.27. The smallest absolute Gasteiger partial charge is 0.265 e. The van der Waals surface area contributed by atoms with E-state index in [4.69, 9.17) is 0 Å². The summed E-state index contributed by atoms with van der Waals surface area (Å²) in [6.45, 7) is 5.01. The standard InChI is InChI=1S/C18H22N4OS/c23-18(17-3-7-20-24-17)22-12-15-4-8-21(9-5-16(15)13-22)11-14-2-1-6-19-10-14/h1-3,6-7,10,15-16H,4-5,8-9,11-13H2/t15-,16+. The largest absolute Gasteiger partial charge is 0.337 e. The van der Waals surface area contributed by atoms with E-state index in [1.165, 1.54) is 29.9 Å². The summed E-state index contributed by atoms with van der Waals surface area (Å²) in [5.41, 5.74) is 1.28. The Morgan fingerprint density at radius 2 is 1.96 bits per heavy atom. The molecule has 0 bridgehead atoms. The zero-order valence-corrected chi connectivity index (χ0v) is 14.5. The quantitative estimate of drug-likeness (QED) is 0.860. The SMILES string of the molecule is O=C(c1ccns1)N1C[C@H]2CCN(Cc3cccnc3)CC[C@H]2C1. The van der Waals surface area contributed by atoms with Gasteiger partial charge in [0.25, 0.3) is 5.91 Å². The van der Waals surface area contributed by atoms with Crippen LogP contribution >= 0.6 is 11.5 Å². The van der Waals surface area contributed by atoms with Crippen LogP contribution in [0, 0.1) is 11.8 Å². The highest BCUT2D eigenvalue weighted by molar-refractivity contribution is 7.08. The molecule has 1 amide bonds. The van der Waals surface area contributed by atoms with Gasteiger partial charge in [-0.2, -0.15) is 0 Å². The van der Waals surface area contributed by atoms with Gasteiger partial charge >= 0.3 is 0 Å². The second-order valence-electron chi connectivity index (χ2n) is 6.82. The van der Waals surface area contributed by atoms with Crippen LogP contribution in [0.3, 0.4) is 0 Å². The van der Waals surface area contributed by atoms with E-state index < -0.39 is 0 Å². The van der Waals surface area contributed by atoms with Crippen LogP contribution in [0.5, 0.6) is 0 Å². The number of fused-ring (bicyclic) bond motifs is 1. The molecule has 0 aliphatic carbocycles. The van der Waals surface area contributed by atoms with Crippen LogP contribution in [0.4, 0.5) is 0 Å². The number of carbonyl (C=O) groups is 1. The van der Waals surface area contributed by atoms with E-state index in [-0.39, 0.29) is 5.91 Å². The van der Waals surface area contributed by atoms with Crippen LogP contribution in [0.15, 0.2) is 36.8 Å². The first kappa shape index (κ1) is 15.7. The molecule has 2 atom stereocenters. The van der Waals surface area contributed by atoms with Crippen molar-refractivity contribution in [2.75, 3.05) is 26.2 Å². The maximum atomic E-state index is 12.5. The van der Waals surface area contributed by atoms with E-state index in [1.54, 1.807) is 6.20 Å². The minimum atomic E-state index is 0.165. The number of likely N-dealkylation sites (tertiary alicyclic amines) is 2. The van der Waals surface area contributed by atoms with Gasteiger partial charge in [0.1, 0.15) is 4.88 Å². The van der Waals surface area contributed by atoms with Crippen molar-refractivity contribution in [1.82, 2.24) is 19.2 Å². The van der Waals surface area contributed by atoms with Gasteiger partial charge in [-0.05, 0) is 67.0 Å². The molecule has 2 aromatic heterocycles. The molecule has 5 nitrogen and oxygen atoms in total. The van der Waals surface area contributed by atoms with Crippen LogP contribution < -0.4 is 0 Å². The number of hydrogen-bond donors (Lipinski definition) is 0. The van der Waals surface area contributed by atoms with Gasteiger partial charge in [0.2, 0.25) is 0 Å². The highest BCUT2D eigenvalue weighted by atomic mass is 32.1. The molecule has 0 spiro atoms. The van der Waals surface area contributed by atoms with Gasteiger partial charge in [-0.3, -0.25) is 14.7 Å². The Balaban J connectivity index is 1.34. The Hall–Kier alpha value is -1.79. The van der Waals surface area contributed by atoms with E-state index in [1.807, 2.05) is 29.4 Å². The molecule has 2 saturated heterocycles. The number of pyridine rings is 1. The molecule has 4 heterocycles. The lowest BCUT2D eigenvalue weighted by molar-refractivity contribution is 0.0785. The van der Waals surface area contributed by atoms with Gasteiger partial charge in [0.15, 0.2) is 0 Å². The maximum Gasteiger partial charge on any atom is 0.265 e. The first-order valence-corrected chi connectivity index (χ1v) is 9.38. The lowest BCUT2D eigenvalue weighted by atomic mass is 9.92. The van der Waals surface area contributed by atoms with Gasteiger partial charge in [-0.15, -0.1) is 0 Å². The van der Waals surface area contributed by atoms with Crippen molar-refractivity contribution in [2.45, 2.75) is 19.4 Å². The lowest BCUT2D eigenvalue weighted by Gasteiger charge is -2.21. The van der Waals surface area contributed by atoms with Crippen LogP contribution in [0.2, 0.25) is 0 Å². The molecule has 2 fully saturated rings. The minimum Gasteiger partial charge on any atom is -0.337 e. The van der Waals surface area contributed by atoms with Crippen LogP contribution in [0.25, 0.3) is 0 Å². The maximum absolute atomic E-state index is 12.5. The van der Waals surface area contributed by atoms with E-state index in [9.17, 15) is 4.79 Å². The van der Waals surface area contributed by atoms with Gasteiger partial charge < -0.3 is 4.90 Å². The summed E-state index contributed by atoms with van der Waals surface area (Å²) in [6.07, 6.45) is 7.85. The number of carbonyl (C=O) groups excluding carboxylic acids is 1. The first-order valence-electron chi connectivity index (χ1n) is 8.61. The molecule has 6 heteroatoms. The molecule has 0 radical (unpaired) electrons. The molecule has 2 aromatic rings. The Labute approximate surface area is 146 Å². The molecule has 4 rings (SSSR count). The fourth-order valence-corrected chi connectivity index (χ4v) is 4.52. The summed E-state index contributed by atoms with van der Waals surface area (Å²) < 4.78 is 4.05. The zero-order valence-electron chi connectivity index (χ0n) is 13.7. The number of rotatable bonds is 3. The third kappa shape index (κ3) is 3.35. The second-order valence-corrected chi connectivity index (χ2v) is 7.65. The Morgan fingerprint density at radius 3 is 2.58 bits per heavy atom. The highest BCUT2D eigenvalue weighted by Crippen LogP contribution is 2.33. The monoisotopic (exact) mass is 342 g/mol. The van der Waals surface area contributed by atoms with Crippen molar-refractivity contribution >= 4 is 17.4 Å². The average Bonchev–Trinajstić information content (AvgIpc) is 3.25. The van der Waals surface area contributed by atoms with Crippen molar-refractivity contribution in [3.8, 4) is 0 Å². The highest BCUT2D eigenvalue weighted by Gasteiger charge is 2.37. The van der Waals surface area contributed by atoms with Crippen molar-refractivity contribution in [3.05, 3.63) is 47.2 Å². The molecule has 126 valence electrons. The fraction of sp³-hybridized carbons (Fsp3) is 0.500. The van der Waals surface area contributed by atoms with Crippen molar-refractivity contribution in [1.29, 1.82) is 0 Å². The number of nitrogens with zero attached hydrogens (tertiary/aromatic N) is 4. The van der Waals surface area contributed by atoms with Crippen LogP contribution in [0.1, 0.15) is 28.1 Å². The molecule has 2 aliphatic heterocycles. The van der Waals surface area contributed by atoms with Crippen LogP contribution in [-0.4, -0.2) is 51.2 Å². The Morgan fingerprint density at radius 1 is 1.17 bits per heavy atom. The minimum absolute atomic E-state index is 0.165. The van der Waals surface area contributed by atoms with E-state index in [2.05, 4.69) is 20.3 Å². The van der Waals surface area contributed by atoms with Gasteiger partial charge in [-0.1, -0.05) is 6.07 Å².